The quantitative estimate of drug-likeness (QED) is 0.310. The first kappa shape index (κ1) is 28.8. The zero-order valence-electron chi connectivity index (χ0n) is 21.7. The Hall–Kier alpha value is -3.25. The highest BCUT2D eigenvalue weighted by Gasteiger charge is 2.35. The number of carboxylic acids is 1. The van der Waals surface area contributed by atoms with Crippen molar-refractivity contribution in [3.63, 3.8) is 0 Å². The Morgan fingerprint density at radius 1 is 1.15 bits per heavy atom. The number of likely N-dealkylation sites (tertiary alicyclic amines) is 1. The van der Waals surface area contributed by atoms with E-state index in [0.717, 1.165) is 17.4 Å². The van der Waals surface area contributed by atoms with Crippen molar-refractivity contribution in [3.05, 3.63) is 47.3 Å². The number of hydrogen-bond donors (Lipinski definition) is 1. The van der Waals surface area contributed by atoms with Gasteiger partial charge in [0.1, 0.15) is 22.3 Å². The van der Waals surface area contributed by atoms with Gasteiger partial charge >= 0.3 is 12.1 Å². The molecule has 1 N–H and O–H groups in total. The van der Waals surface area contributed by atoms with Crippen molar-refractivity contribution >= 4 is 17.3 Å². The van der Waals surface area contributed by atoms with Crippen LogP contribution in [-0.2, 0) is 17.4 Å². The summed E-state index contributed by atoms with van der Waals surface area (Å²) in [5, 5.41) is 18.0. The topological polar surface area (TPSA) is 84.8 Å². The Labute approximate surface area is 227 Å². The van der Waals surface area contributed by atoms with Crippen LogP contribution in [0.4, 0.5) is 17.6 Å². The lowest BCUT2D eigenvalue weighted by Gasteiger charge is -2.30. The molecule has 12 heteroatoms. The molecule has 0 unspecified atom stereocenters. The molecule has 0 aliphatic carbocycles. The normalized spacial score (nSPS) is 15.1. The SMILES string of the molecule is COc1c(CCN2CCC(C(=O)O)CC2)cc(F)cc1-c1nnc(-c2ccc(OC(C)C)c(C(F)(F)F)c2)s1. The maximum atomic E-state index is 14.7. The van der Waals surface area contributed by atoms with Crippen molar-refractivity contribution in [1.82, 2.24) is 15.1 Å². The fourth-order valence-corrected chi connectivity index (χ4v) is 5.46. The Kier molecular flexibility index (Phi) is 8.75. The molecular formula is C27H29F4N3O4S. The molecule has 7 nitrogen and oxygen atoms in total. The molecule has 3 aromatic rings. The van der Waals surface area contributed by atoms with Crippen molar-refractivity contribution in [1.29, 1.82) is 0 Å². The van der Waals surface area contributed by atoms with Crippen LogP contribution >= 0.6 is 11.3 Å². The molecule has 2 heterocycles. The van der Waals surface area contributed by atoms with Gasteiger partial charge < -0.3 is 19.5 Å². The molecule has 1 fully saturated rings. The molecular weight excluding hydrogens is 538 g/mol. The molecule has 0 atom stereocenters. The van der Waals surface area contributed by atoms with Gasteiger partial charge in [-0.15, -0.1) is 10.2 Å². The summed E-state index contributed by atoms with van der Waals surface area (Å²) >= 11 is 1.03. The van der Waals surface area contributed by atoms with E-state index in [1.807, 2.05) is 0 Å². The number of benzene rings is 2. The second-order valence-electron chi connectivity index (χ2n) is 9.64. The van der Waals surface area contributed by atoms with Gasteiger partial charge in [-0.25, -0.2) is 4.39 Å². The maximum absolute atomic E-state index is 14.7. The lowest BCUT2D eigenvalue weighted by Crippen LogP contribution is -2.37. The van der Waals surface area contributed by atoms with E-state index in [1.165, 1.54) is 31.4 Å². The first-order chi connectivity index (χ1) is 18.5. The third kappa shape index (κ3) is 6.85. The minimum atomic E-state index is -4.63. The van der Waals surface area contributed by atoms with Crippen LogP contribution in [0.2, 0.25) is 0 Å². The predicted molar refractivity (Wildman–Crippen MR) is 139 cm³/mol. The second kappa shape index (κ2) is 11.9. The summed E-state index contributed by atoms with van der Waals surface area (Å²) < 4.78 is 66.8. The molecule has 2 aromatic carbocycles. The fourth-order valence-electron chi connectivity index (χ4n) is 4.61. The Morgan fingerprint density at radius 2 is 1.85 bits per heavy atom. The maximum Gasteiger partial charge on any atom is 0.419 e. The molecule has 210 valence electrons. The number of halogens is 4. The van der Waals surface area contributed by atoms with Crippen LogP contribution < -0.4 is 9.47 Å². The van der Waals surface area contributed by atoms with Crippen molar-refractivity contribution in [2.45, 2.75) is 45.4 Å². The number of alkyl halides is 3. The average molecular weight is 568 g/mol. The molecule has 0 bridgehead atoms. The summed E-state index contributed by atoms with van der Waals surface area (Å²) in [5.41, 5.74) is 0.266. The third-order valence-electron chi connectivity index (χ3n) is 6.52. The van der Waals surface area contributed by atoms with Crippen LogP contribution in [0.3, 0.4) is 0 Å². The van der Waals surface area contributed by atoms with Gasteiger partial charge in [-0.1, -0.05) is 11.3 Å². The van der Waals surface area contributed by atoms with Crippen LogP contribution in [0.25, 0.3) is 21.1 Å². The highest BCUT2D eigenvalue weighted by molar-refractivity contribution is 7.18. The first-order valence-electron chi connectivity index (χ1n) is 12.5. The fraction of sp³-hybridized carbons (Fsp3) is 0.444. The number of carbonyl (C=O) groups is 1. The summed E-state index contributed by atoms with van der Waals surface area (Å²) in [4.78, 5) is 13.3. The molecule has 1 saturated heterocycles. The minimum absolute atomic E-state index is 0.211. The number of methoxy groups -OCH3 is 1. The van der Waals surface area contributed by atoms with Gasteiger partial charge in [0.05, 0.1) is 30.3 Å². The van der Waals surface area contributed by atoms with E-state index in [4.69, 9.17) is 9.47 Å². The Balaban J connectivity index is 1.58. The van der Waals surface area contributed by atoms with E-state index < -0.39 is 29.6 Å². The molecule has 4 rings (SSSR count). The number of piperidine rings is 1. The number of nitrogens with zero attached hydrogens (tertiary/aromatic N) is 3. The minimum Gasteiger partial charge on any atom is -0.496 e. The molecule has 0 saturated carbocycles. The Morgan fingerprint density at radius 3 is 2.46 bits per heavy atom. The molecule has 1 aromatic heterocycles. The van der Waals surface area contributed by atoms with Crippen LogP contribution in [0, 0.1) is 11.7 Å². The average Bonchev–Trinajstić information content (AvgIpc) is 3.37. The van der Waals surface area contributed by atoms with Crippen LogP contribution in [0.5, 0.6) is 11.5 Å². The molecule has 0 radical (unpaired) electrons. The summed E-state index contributed by atoms with van der Waals surface area (Å²) in [6.45, 7) is 5.17. The van der Waals surface area contributed by atoms with Gasteiger partial charge in [-0.05, 0) is 82.1 Å². The van der Waals surface area contributed by atoms with Crippen LogP contribution in [0.1, 0.15) is 37.8 Å². The van der Waals surface area contributed by atoms with Gasteiger partial charge in [0.2, 0.25) is 0 Å². The van der Waals surface area contributed by atoms with Crippen molar-refractivity contribution in [2.75, 3.05) is 26.7 Å². The molecule has 1 aliphatic rings. The lowest BCUT2D eigenvalue weighted by atomic mass is 9.96. The largest absolute Gasteiger partial charge is 0.496 e. The van der Waals surface area contributed by atoms with E-state index >= 15 is 0 Å². The van der Waals surface area contributed by atoms with E-state index in [9.17, 15) is 27.5 Å². The lowest BCUT2D eigenvalue weighted by molar-refractivity contribution is -0.143. The highest BCUT2D eigenvalue weighted by Crippen LogP contribution is 2.42. The zero-order valence-corrected chi connectivity index (χ0v) is 22.5. The monoisotopic (exact) mass is 567 g/mol. The smallest absolute Gasteiger partial charge is 0.419 e. The van der Waals surface area contributed by atoms with E-state index in [2.05, 4.69) is 15.1 Å². The van der Waals surface area contributed by atoms with Gasteiger partial charge in [0, 0.05) is 12.1 Å². The number of aromatic nitrogens is 2. The van der Waals surface area contributed by atoms with Crippen molar-refractivity contribution in [3.8, 4) is 32.6 Å². The molecule has 0 amide bonds. The third-order valence-corrected chi connectivity index (χ3v) is 7.52. The molecule has 1 aliphatic heterocycles. The Bertz CT molecular complexity index is 1320. The number of carboxylic acid groups (broad SMARTS) is 1. The summed E-state index contributed by atoms with van der Waals surface area (Å²) in [7, 11) is 1.46. The predicted octanol–water partition coefficient (Wildman–Crippen LogP) is 6.16. The van der Waals surface area contributed by atoms with Gasteiger partial charge in [-0.3, -0.25) is 4.79 Å². The first-order valence-corrected chi connectivity index (χ1v) is 13.3. The van der Waals surface area contributed by atoms with E-state index in [-0.39, 0.29) is 22.2 Å². The number of hydrogen-bond acceptors (Lipinski definition) is 7. The molecule has 0 spiro atoms. The van der Waals surface area contributed by atoms with Gasteiger partial charge in [-0.2, -0.15) is 13.2 Å². The number of rotatable bonds is 9. The number of aliphatic carboxylic acids is 1. The second-order valence-corrected chi connectivity index (χ2v) is 10.6. The van der Waals surface area contributed by atoms with Gasteiger partial charge in [0.15, 0.2) is 5.01 Å². The highest BCUT2D eigenvalue weighted by atomic mass is 32.1. The van der Waals surface area contributed by atoms with Crippen molar-refractivity contribution < 1.29 is 36.9 Å². The summed E-state index contributed by atoms with van der Waals surface area (Å²) in [5.74, 6) is -1.48. The number of ether oxygens (including phenoxy) is 2. The summed E-state index contributed by atoms with van der Waals surface area (Å²) in [6.07, 6.45) is -3.47. The van der Waals surface area contributed by atoms with Gasteiger partial charge in [0.25, 0.3) is 0 Å². The summed E-state index contributed by atoms with van der Waals surface area (Å²) in [6, 6.07) is 6.38. The van der Waals surface area contributed by atoms with Crippen LogP contribution in [-0.4, -0.2) is 59.0 Å². The molecule has 39 heavy (non-hydrogen) atoms. The van der Waals surface area contributed by atoms with Crippen molar-refractivity contribution in [2.24, 2.45) is 5.92 Å². The standard InChI is InChI=1S/C27H29F4N3O4S/c1-15(2)38-22-5-4-18(13-21(22)27(29,30)31)24-32-33-25(39-24)20-14-19(28)12-17(23(20)37-3)8-11-34-9-6-16(7-10-34)26(35)36/h4-5,12-16H,6-11H2,1-3H3,(H,35,36). The zero-order chi connectivity index (χ0) is 28.3. The van der Waals surface area contributed by atoms with Crippen LogP contribution in [0.15, 0.2) is 30.3 Å². The van der Waals surface area contributed by atoms with E-state index in [1.54, 1.807) is 13.8 Å². The van der Waals surface area contributed by atoms with E-state index in [0.29, 0.717) is 60.8 Å².